The fraction of sp³-hybridized carbons (Fsp3) is 0.583. The summed E-state index contributed by atoms with van der Waals surface area (Å²) in [5.41, 5.74) is 0.175. The van der Waals surface area contributed by atoms with Crippen molar-refractivity contribution >= 4 is 5.97 Å². The lowest BCUT2D eigenvalue weighted by Gasteiger charge is -2.09. The van der Waals surface area contributed by atoms with Gasteiger partial charge >= 0.3 is 5.97 Å². The first kappa shape index (κ1) is 14.7. The van der Waals surface area contributed by atoms with Gasteiger partial charge in [-0.2, -0.15) is 0 Å². The normalized spacial score (nSPS) is 11.1. The van der Waals surface area contributed by atoms with Gasteiger partial charge in [0.25, 0.3) is 0 Å². The van der Waals surface area contributed by atoms with Gasteiger partial charge in [-0.25, -0.2) is 4.79 Å². The highest BCUT2D eigenvalue weighted by Gasteiger charge is 2.07. The highest BCUT2D eigenvalue weighted by Crippen LogP contribution is 2.06. The first-order valence-electron chi connectivity index (χ1n) is 5.83. The minimum atomic E-state index is -0.975. The largest absolute Gasteiger partial charge is 0.478 e. The van der Waals surface area contributed by atoms with E-state index in [2.05, 4.69) is 10.2 Å². The predicted molar refractivity (Wildman–Crippen MR) is 66.7 cm³/mol. The monoisotopic (exact) mass is 256 g/mol. The lowest BCUT2D eigenvalue weighted by Crippen LogP contribution is -2.22. The summed E-state index contributed by atoms with van der Waals surface area (Å²) in [5.74, 6) is -0.363. The zero-order chi connectivity index (χ0) is 13.4. The summed E-state index contributed by atoms with van der Waals surface area (Å²) in [6.45, 7) is 3.44. The quantitative estimate of drug-likeness (QED) is 0.632. The van der Waals surface area contributed by atoms with Gasteiger partial charge in [0.05, 0.1) is 25.3 Å². The third-order valence-electron chi connectivity index (χ3n) is 2.31. The molecule has 18 heavy (non-hydrogen) atoms. The van der Waals surface area contributed by atoms with Crippen molar-refractivity contribution < 1.29 is 19.1 Å². The van der Waals surface area contributed by atoms with Crippen molar-refractivity contribution in [1.82, 2.24) is 10.2 Å². The van der Waals surface area contributed by atoms with Crippen LogP contribution in [0.2, 0.25) is 0 Å². The van der Waals surface area contributed by atoms with Gasteiger partial charge in [0, 0.05) is 13.1 Å². The maximum absolute atomic E-state index is 10.6. The molecule has 0 radical (unpaired) electrons. The maximum atomic E-state index is 10.6. The molecule has 0 aliphatic carbocycles. The Labute approximate surface area is 107 Å². The Morgan fingerprint density at radius 2 is 2.28 bits per heavy atom. The van der Waals surface area contributed by atoms with Crippen LogP contribution in [0.1, 0.15) is 16.1 Å². The van der Waals surface area contributed by atoms with E-state index in [1.54, 1.807) is 0 Å². The summed E-state index contributed by atoms with van der Waals surface area (Å²) >= 11 is 0. The fourth-order valence-corrected chi connectivity index (χ4v) is 1.29. The number of carboxylic acids is 1. The number of likely N-dealkylation sites (N-methyl/N-ethyl adjacent to an activating group) is 1. The number of carbonyl (C=O) groups is 1. The number of rotatable bonds is 9. The number of aromatic carboxylic acids is 1. The minimum Gasteiger partial charge on any atom is -0.478 e. The number of hydrogen-bond acceptors (Lipinski definition) is 5. The lowest BCUT2D eigenvalue weighted by atomic mass is 10.3. The first-order chi connectivity index (χ1) is 8.59. The van der Waals surface area contributed by atoms with E-state index in [9.17, 15) is 4.79 Å². The van der Waals surface area contributed by atoms with E-state index >= 15 is 0 Å². The van der Waals surface area contributed by atoms with Crippen LogP contribution in [-0.4, -0.2) is 56.4 Å². The van der Waals surface area contributed by atoms with Gasteiger partial charge < -0.3 is 24.5 Å². The minimum absolute atomic E-state index is 0.175. The van der Waals surface area contributed by atoms with Crippen LogP contribution in [0.25, 0.3) is 0 Å². The van der Waals surface area contributed by atoms with Crippen LogP contribution in [0.5, 0.6) is 0 Å². The molecule has 6 heteroatoms. The smallest absolute Gasteiger partial charge is 0.338 e. The van der Waals surface area contributed by atoms with Crippen LogP contribution in [0.3, 0.4) is 0 Å². The second-order valence-electron chi connectivity index (χ2n) is 4.20. The Hall–Kier alpha value is -1.37. The fourth-order valence-electron chi connectivity index (χ4n) is 1.29. The van der Waals surface area contributed by atoms with E-state index in [1.165, 1.54) is 12.3 Å². The molecule has 0 saturated carbocycles. The second-order valence-corrected chi connectivity index (χ2v) is 4.20. The molecule has 0 fully saturated rings. The molecule has 0 saturated heterocycles. The van der Waals surface area contributed by atoms with E-state index in [0.717, 1.165) is 6.54 Å². The van der Waals surface area contributed by atoms with Crippen molar-refractivity contribution in [2.75, 3.05) is 40.4 Å². The van der Waals surface area contributed by atoms with Crippen LogP contribution in [0.15, 0.2) is 16.7 Å². The Kier molecular flexibility index (Phi) is 6.42. The van der Waals surface area contributed by atoms with Crippen molar-refractivity contribution in [1.29, 1.82) is 0 Å². The molecule has 102 valence electrons. The van der Waals surface area contributed by atoms with Crippen LogP contribution in [0.4, 0.5) is 0 Å². The molecule has 0 unspecified atom stereocenters. The Bertz CT molecular complexity index is 363. The molecule has 1 aromatic rings. The SMILES string of the molecule is CN(C)CCOCCNCc1cc(C(=O)O)co1. The van der Waals surface area contributed by atoms with E-state index < -0.39 is 5.97 Å². The van der Waals surface area contributed by atoms with Crippen LogP contribution >= 0.6 is 0 Å². The molecule has 0 aliphatic rings. The van der Waals surface area contributed by atoms with Crippen molar-refractivity contribution in [3.8, 4) is 0 Å². The number of nitrogens with zero attached hydrogens (tertiary/aromatic N) is 1. The van der Waals surface area contributed by atoms with E-state index in [0.29, 0.717) is 32.1 Å². The topological polar surface area (TPSA) is 74.9 Å². The summed E-state index contributed by atoms with van der Waals surface area (Å²) in [7, 11) is 4.00. The van der Waals surface area contributed by atoms with Gasteiger partial charge in [0.2, 0.25) is 0 Å². The van der Waals surface area contributed by atoms with E-state index in [-0.39, 0.29) is 5.56 Å². The van der Waals surface area contributed by atoms with Gasteiger partial charge in [0.15, 0.2) is 0 Å². The first-order valence-corrected chi connectivity index (χ1v) is 5.83. The van der Waals surface area contributed by atoms with Gasteiger partial charge in [0.1, 0.15) is 12.0 Å². The van der Waals surface area contributed by atoms with Crippen molar-refractivity contribution in [2.24, 2.45) is 0 Å². The summed E-state index contributed by atoms with van der Waals surface area (Å²) in [6.07, 6.45) is 1.24. The number of furan rings is 1. The molecule has 0 bridgehead atoms. The molecular formula is C12H20N2O4. The summed E-state index contributed by atoms with van der Waals surface area (Å²) < 4.78 is 10.5. The molecule has 0 aliphatic heterocycles. The molecule has 6 nitrogen and oxygen atoms in total. The van der Waals surface area contributed by atoms with Crippen molar-refractivity contribution in [3.05, 3.63) is 23.7 Å². The highest BCUT2D eigenvalue weighted by molar-refractivity contribution is 5.87. The Morgan fingerprint density at radius 1 is 1.50 bits per heavy atom. The molecule has 1 aromatic heterocycles. The summed E-state index contributed by atoms with van der Waals surface area (Å²) in [4.78, 5) is 12.7. The molecule has 2 N–H and O–H groups in total. The predicted octanol–water partition coefficient (Wildman–Crippen LogP) is 0.646. The Balaban J connectivity index is 2.05. The lowest BCUT2D eigenvalue weighted by molar-refractivity contribution is 0.0696. The average Bonchev–Trinajstić information content (AvgIpc) is 2.76. The van der Waals surface area contributed by atoms with Gasteiger partial charge in [-0.05, 0) is 20.2 Å². The maximum Gasteiger partial charge on any atom is 0.338 e. The summed E-state index contributed by atoms with van der Waals surface area (Å²) in [5, 5.41) is 11.8. The average molecular weight is 256 g/mol. The third-order valence-corrected chi connectivity index (χ3v) is 2.31. The Morgan fingerprint density at radius 3 is 2.89 bits per heavy atom. The molecular weight excluding hydrogens is 236 g/mol. The zero-order valence-corrected chi connectivity index (χ0v) is 10.8. The van der Waals surface area contributed by atoms with E-state index in [4.69, 9.17) is 14.3 Å². The summed E-state index contributed by atoms with van der Waals surface area (Å²) in [6, 6.07) is 1.52. The van der Waals surface area contributed by atoms with Crippen LogP contribution in [-0.2, 0) is 11.3 Å². The molecule has 0 aromatic carbocycles. The zero-order valence-electron chi connectivity index (χ0n) is 10.8. The van der Waals surface area contributed by atoms with Crippen LogP contribution < -0.4 is 5.32 Å². The van der Waals surface area contributed by atoms with Gasteiger partial charge in [-0.15, -0.1) is 0 Å². The highest BCUT2D eigenvalue weighted by atomic mass is 16.5. The molecule has 0 spiro atoms. The van der Waals surface area contributed by atoms with Crippen molar-refractivity contribution in [3.63, 3.8) is 0 Å². The number of carboxylic acid groups (broad SMARTS) is 1. The second kappa shape index (κ2) is 7.86. The standard InChI is InChI=1S/C12H20N2O4/c1-14(2)4-6-17-5-3-13-8-11-7-10(9-18-11)12(15)16/h7,9,13H,3-6,8H2,1-2H3,(H,15,16). The number of hydrogen-bond donors (Lipinski definition) is 2. The van der Waals surface area contributed by atoms with E-state index in [1.807, 2.05) is 14.1 Å². The van der Waals surface area contributed by atoms with Gasteiger partial charge in [-0.3, -0.25) is 0 Å². The third kappa shape index (κ3) is 5.81. The molecule has 1 rings (SSSR count). The molecule has 1 heterocycles. The van der Waals surface area contributed by atoms with Crippen molar-refractivity contribution in [2.45, 2.75) is 6.54 Å². The number of nitrogens with one attached hydrogen (secondary N) is 1. The van der Waals surface area contributed by atoms with Gasteiger partial charge in [-0.1, -0.05) is 0 Å². The molecule has 0 amide bonds. The number of ether oxygens (including phenoxy) is 1. The molecule has 0 atom stereocenters. The van der Waals surface area contributed by atoms with Crippen LogP contribution in [0, 0.1) is 0 Å².